The maximum atomic E-state index is 12.5. The highest BCUT2D eigenvalue weighted by molar-refractivity contribution is 7.47. The Kier molecular flexibility index (Phi) is 34.2. The molecule has 3 N–H and O–H groups in total. The van der Waals surface area contributed by atoms with Gasteiger partial charge in [0.1, 0.15) is 12.7 Å². The van der Waals surface area contributed by atoms with Crippen LogP contribution in [0.1, 0.15) is 181 Å². The van der Waals surface area contributed by atoms with Gasteiger partial charge in [-0.05, 0) is 32.1 Å². The molecule has 3 atom stereocenters. The number of aliphatic hydroxyl groups is 2. The van der Waals surface area contributed by atoms with Gasteiger partial charge >= 0.3 is 19.8 Å². The fraction of sp³-hybridized carbons (Fsp3) is 0.895. The molecule has 3 unspecified atom stereocenters. The summed E-state index contributed by atoms with van der Waals surface area (Å²) in [6, 6.07) is 0. The van der Waals surface area contributed by atoms with Crippen molar-refractivity contribution in [1.82, 2.24) is 0 Å². The van der Waals surface area contributed by atoms with Crippen molar-refractivity contribution in [2.24, 2.45) is 0 Å². The molecule has 0 aromatic carbocycles. The first kappa shape index (κ1) is 47.7. The summed E-state index contributed by atoms with van der Waals surface area (Å²) in [5, 5.41) is 18.3. The lowest BCUT2D eigenvalue weighted by Crippen LogP contribution is -2.29. The summed E-state index contributed by atoms with van der Waals surface area (Å²) in [6.07, 6.45) is 30.5. The molecule has 0 aromatic rings. The molecule has 290 valence electrons. The van der Waals surface area contributed by atoms with E-state index in [0.29, 0.717) is 12.8 Å². The molecule has 0 fully saturated rings. The van der Waals surface area contributed by atoms with E-state index in [1.54, 1.807) is 0 Å². The standard InChI is InChI=1S/C38H73O10P/c1-3-5-7-9-11-13-15-16-17-18-19-20-22-23-25-27-29-37(41)45-33-36(34-47-49(43,44)46-32-35(40)31-39)48-38(42)30-28-26-24-21-14-12-10-8-6-4-2/h8,10,35-36,39-40H,3-7,9,11-34H2,1-2H3,(H,43,44)/b10-8-. The predicted molar refractivity (Wildman–Crippen MR) is 196 cm³/mol. The molecule has 0 bridgehead atoms. The Morgan fingerprint density at radius 3 is 1.55 bits per heavy atom. The average molecular weight is 721 g/mol. The van der Waals surface area contributed by atoms with E-state index in [0.717, 1.165) is 64.2 Å². The highest BCUT2D eigenvalue weighted by atomic mass is 31.2. The molecule has 11 heteroatoms. The van der Waals surface area contributed by atoms with Crippen molar-refractivity contribution in [1.29, 1.82) is 0 Å². The fourth-order valence-electron chi connectivity index (χ4n) is 5.35. The highest BCUT2D eigenvalue weighted by Crippen LogP contribution is 2.43. The van der Waals surface area contributed by atoms with Gasteiger partial charge in [0, 0.05) is 12.8 Å². The van der Waals surface area contributed by atoms with Crippen molar-refractivity contribution in [3.8, 4) is 0 Å². The second-order valence-corrected chi connectivity index (χ2v) is 14.8. The molecule has 0 aliphatic rings. The molecule has 0 rings (SSSR count). The molecule has 10 nitrogen and oxygen atoms in total. The van der Waals surface area contributed by atoms with Gasteiger partial charge in [0.2, 0.25) is 0 Å². The first-order valence-corrected chi connectivity index (χ1v) is 21.1. The third-order valence-electron chi connectivity index (χ3n) is 8.40. The zero-order valence-corrected chi connectivity index (χ0v) is 32.1. The number of ether oxygens (including phenoxy) is 2. The molecule has 0 spiro atoms. The number of unbranched alkanes of at least 4 members (excludes halogenated alkanes) is 21. The van der Waals surface area contributed by atoms with Crippen LogP contribution in [0.4, 0.5) is 0 Å². The van der Waals surface area contributed by atoms with Crippen LogP contribution in [0.5, 0.6) is 0 Å². The number of carbonyl (C=O) groups excluding carboxylic acids is 2. The molecule has 0 aromatic heterocycles. The fourth-order valence-corrected chi connectivity index (χ4v) is 6.14. The van der Waals surface area contributed by atoms with Gasteiger partial charge in [0.05, 0.1) is 19.8 Å². The number of phosphoric ester groups is 1. The molecule has 0 heterocycles. The second-order valence-electron chi connectivity index (χ2n) is 13.3. The lowest BCUT2D eigenvalue weighted by Gasteiger charge is -2.20. The van der Waals surface area contributed by atoms with E-state index in [9.17, 15) is 24.2 Å². The largest absolute Gasteiger partial charge is 0.472 e. The number of esters is 2. The smallest absolute Gasteiger partial charge is 0.462 e. The van der Waals surface area contributed by atoms with E-state index in [1.165, 1.54) is 77.0 Å². The summed E-state index contributed by atoms with van der Waals surface area (Å²) in [7, 11) is -4.61. The first-order chi connectivity index (χ1) is 23.7. The van der Waals surface area contributed by atoms with Crippen molar-refractivity contribution in [2.75, 3.05) is 26.4 Å². The third kappa shape index (κ3) is 34.9. The van der Waals surface area contributed by atoms with Gasteiger partial charge in [0.25, 0.3) is 0 Å². The van der Waals surface area contributed by atoms with E-state index < -0.39 is 51.8 Å². The molecular formula is C38H73O10P. The number of rotatable bonds is 37. The first-order valence-electron chi connectivity index (χ1n) is 19.6. The van der Waals surface area contributed by atoms with Gasteiger partial charge in [-0.25, -0.2) is 4.57 Å². The molecule has 0 amide bonds. The number of allylic oxidation sites excluding steroid dienone is 2. The zero-order chi connectivity index (χ0) is 36.3. The maximum absolute atomic E-state index is 12.5. The lowest BCUT2D eigenvalue weighted by molar-refractivity contribution is -0.161. The summed E-state index contributed by atoms with van der Waals surface area (Å²) < 4.78 is 32.5. The number of hydrogen-bond donors (Lipinski definition) is 3. The normalized spacial score (nSPS) is 14.1. The molecular weight excluding hydrogens is 647 g/mol. The van der Waals surface area contributed by atoms with Crippen LogP contribution in [-0.4, -0.2) is 65.7 Å². The summed E-state index contributed by atoms with van der Waals surface area (Å²) in [4.78, 5) is 34.8. The van der Waals surface area contributed by atoms with Gasteiger partial charge in [-0.2, -0.15) is 0 Å². The van der Waals surface area contributed by atoms with E-state index in [-0.39, 0.29) is 19.4 Å². The topological polar surface area (TPSA) is 149 Å². The quantitative estimate of drug-likeness (QED) is 0.0245. The van der Waals surface area contributed by atoms with Gasteiger partial charge in [0.15, 0.2) is 6.10 Å². The molecule has 0 radical (unpaired) electrons. The Morgan fingerprint density at radius 1 is 0.592 bits per heavy atom. The SMILES string of the molecule is CCC/C=C\CCCCCCCC(=O)OC(COC(=O)CCCCCCCCCCCCCCCCCC)COP(=O)(O)OCC(O)CO. The minimum atomic E-state index is -4.61. The summed E-state index contributed by atoms with van der Waals surface area (Å²) in [5.41, 5.74) is 0. The van der Waals surface area contributed by atoms with E-state index >= 15 is 0 Å². The number of aliphatic hydroxyl groups excluding tert-OH is 2. The molecule has 0 aliphatic heterocycles. The molecule has 0 saturated carbocycles. The minimum absolute atomic E-state index is 0.177. The van der Waals surface area contributed by atoms with Crippen molar-refractivity contribution in [3.05, 3.63) is 12.2 Å². The van der Waals surface area contributed by atoms with Gasteiger partial charge in [-0.1, -0.05) is 148 Å². The Labute approximate surface area is 298 Å². The van der Waals surface area contributed by atoms with Crippen molar-refractivity contribution < 1.29 is 47.8 Å². The molecule has 0 saturated heterocycles. The van der Waals surface area contributed by atoms with Gasteiger partial charge < -0.3 is 24.6 Å². The van der Waals surface area contributed by atoms with Crippen LogP contribution in [0.25, 0.3) is 0 Å². The Morgan fingerprint density at radius 2 is 1.04 bits per heavy atom. The van der Waals surface area contributed by atoms with Crippen LogP contribution >= 0.6 is 7.82 Å². The van der Waals surface area contributed by atoms with Crippen LogP contribution < -0.4 is 0 Å². The summed E-state index contributed by atoms with van der Waals surface area (Å²) in [5.74, 6) is -0.931. The van der Waals surface area contributed by atoms with Crippen molar-refractivity contribution >= 4 is 19.8 Å². The second kappa shape index (κ2) is 35.1. The van der Waals surface area contributed by atoms with Crippen LogP contribution in [0.2, 0.25) is 0 Å². The van der Waals surface area contributed by atoms with Crippen LogP contribution in [0, 0.1) is 0 Å². The Hall–Kier alpha value is -1.29. The average Bonchev–Trinajstić information content (AvgIpc) is 3.09. The monoisotopic (exact) mass is 720 g/mol. The predicted octanol–water partition coefficient (Wildman–Crippen LogP) is 9.67. The van der Waals surface area contributed by atoms with Gasteiger partial charge in [-0.15, -0.1) is 0 Å². The maximum Gasteiger partial charge on any atom is 0.472 e. The number of phosphoric acid groups is 1. The molecule has 49 heavy (non-hydrogen) atoms. The van der Waals surface area contributed by atoms with Gasteiger partial charge in [-0.3, -0.25) is 18.6 Å². The summed E-state index contributed by atoms with van der Waals surface area (Å²) in [6.45, 7) is 2.31. The van der Waals surface area contributed by atoms with E-state index in [4.69, 9.17) is 19.1 Å². The number of hydrogen-bond acceptors (Lipinski definition) is 9. The van der Waals surface area contributed by atoms with Crippen molar-refractivity contribution in [2.45, 2.75) is 193 Å². The minimum Gasteiger partial charge on any atom is -0.462 e. The summed E-state index contributed by atoms with van der Waals surface area (Å²) >= 11 is 0. The van der Waals surface area contributed by atoms with E-state index in [1.807, 2.05) is 0 Å². The molecule has 0 aliphatic carbocycles. The van der Waals surface area contributed by atoms with Crippen LogP contribution in [0.15, 0.2) is 12.2 Å². The lowest BCUT2D eigenvalue weighted by atomic mass is 10.0. The third-order valence-corrected chi connectivity index (χ3v) is 9.35. The Balaban J connectivity index is 4.28. The number of carbonyl (C=O) groups is 2. The van der Waals surface area contributed by atoms with Crippen LogP contribution in [0.3, 0.4) is 0 Å². The highest BCUT2D eigenvalue weighted by Gasteiger charge is 2.27. The zero-order valence-electron chi connectivity index (χ0n) is 31.2. The van der Waals surface area contributed by atoms with Crippen LogP contribution in [-0.2, 0) is 32.7 Å². The van der Waals surface area contributed by atoms with Crippen molar-refractivity contribution in [3.63, 3.8) is 0 Å². The Bertz CT molecular complexity index is 837. The van der Waals surface area contributed by atoms with E-state index in [2.05, 4.69) is 30.5 Å².